The molecule has 1 heterocycles. The zero-order valence-corrected chi connectivity index (χ0v) is 10.6. The van der Waals surface area contributed by atoms with Crippen LogP contribution in [0.1, 0.15) is 24.9 Å². The lowest BCUT2D eigenvalue weighted by molar-refractivity contribution is 0.571. The van der Waals surface area contributed by atoms with Crippen LogP contribution in [0.15, 0.2) is 11.6 Å². The van der Waals surface area contributed by atoms with E-state index in [4.69, 9.17) is 0 Å². The molecule has 0 spiro atoms. The molecule has 0 aliphatic rings. The molecule has 86 valence electrons. The predicted molar refractivity (Wildman–Crippen MR) is 62.9 cm³/mol. The van der Waals surface area contributed by atoms with Crippen molar-refractivity contribution in [3.63, 3.8) is 0 Å². The summed E-state index contributed by atoms with van der Waals surface area (Å²) in [5.74, 6) is 0.402. The summed E-state index contributed by atoms with van der Waals surface area (Å²) in [6, 6.07) is 0.122. The van der Waals surface area contributed by atoms with Crippen molar-refractivity contribution in [1.29, 1.82) is 0 Å². The smallest absolute Gasteiger partial charge is 0.151 e. The minimum atomic E-state index is -2.86. The van der Waals surface area contributed by atoms with E-state index in [0.29, 0.717) is 6.54 Å². The molecular formula is C9H16N2O2S2. The van der Waals surface area contributed by atoms with E-state index in [2.05, 4.69) is 10.3 Å². The first-order valence-electron chi connectivity index (χ1n) is 4.88. The standard InChI is InChI=1S/C9H16N2O2S2/c1-3-15(12,13)7-5-10-8(2)9-11-4-6-14-9/h4,6,8,10H,3,5,7H2,1-2H3. The van der Waals surface area contributed by atoms with Crippen molar-refractivity contribution in [1.82, 2.24) is 10.3 Å². The Morgan fingerprint density at radius 3 is 2.87 bits per heavy atom. The zero-order valence-electron chi connectivity index (χ0n) is 8.93. The van der Waals surface area contributed by atoms with Crippen molar-refractivity contribution in [3.8, 4) is 0 Å². The van der Waals surface area contributed by atoms with Gasteiger partial charge in [-0.1, -0.05) is 6.92 Å². The number of hydrogen-bond acceptors (Lipinski definition) is 5. The fourth-order valence-corrected chi connectivity index (χ4v) is 2.50. The van der Waals surface area contributed by atoms with Gasteiger partial charge in [-0.05, 0) is 6.92 Å². The van der Waals surface area contributed by atoms with Gasteiger partial charge in [-0.15, -0.1) is 11.3 Å². The van der Waals surface area contributed by atoms with Crippen LogP contribution in [-0.4, -0.2) is 31.5 Å². The second-order valence-corrected chi connectivity index (χ2v) is 6.68. The Bertz CT molecular complexity index is 373. The summed E-state index contributed by atoms with van der Waals surface area (Å²) in [5, 5.41) is 6.05. The molecule has 6 heteroatoms. The number of nitrogens with one attached hydrogen (secondary N) is 1. The van der Waals surface area contributed by atoms with E-state index in [0.717, 1.165) is 5.01 Å². The molecule has 0 aliphatic carbocycles. The molecule has 1 aromatic heterocycles. The summed E-state index contributed by atoms with van der Waals surface area (Å²) in [4.78, 5) is 4.16. The minimum absolute atomic E-state index is 0.122. The van der Waals surface area contributed by atoms with E-state index in [9.17, 15) is 8.42 Å². The van der Waals surface area contributed by atoms with Crippen molar-refractivity contribution in [2.45, 2.75) is 19.9 Å². The number of nitrogens with zero attached hydrogens (tertiary/aromatic N) is 1. The third-order valence-corrected chi connectivity index (χ3v) is 4.79. The number of thiazole rings is 1. The maximum atomic E-state index is 11.2. The number of aromatic nitrogens is 1. The van der Waals surface area contributed by atoms with Gasteiger partial charge in [0.1, 0.15) is 5.01 Å². The third kappa shape index (κ3) is 4.27. The molecule has 1 N–H and O–H groups in total. The van der Waals surface area contributed by atoms with Gasteiger partial charge in [0.25, 0.3) is 0 Å². The van der Waals surface area contributed by atoms with E-state index in [-0.39, 0.29) is 17.5 Å². The minimum Gasteiger partial charge on any atom is -0.307 e. The van der Waals surface area contributed by atoms with Crippen LogP contribution in [0.5, 0.6) is 0 Å². The molecule has 0 saturated heterocycles. The van der Waals surface area contributed by atoms with Gasteiger partial charge in [0.15, 0.2) is 9.84 Å². The zero-order chi connectivity index (χ0) is 11.3. The number of rotatable bonds is 6. The lowest BCUT2D eigenvalue weighted by Gasteiger charge is -2.10. The quantitative estimate of drug-likeness (QED) is 0.822. The molecule has 1 aromatic rings. The highest BCUT2D eigenvalue weighted by molar-refractivity contribution is 7.91. The predicted octanol–water partition coefficient (Wildman–Crippen LogP) is 1.23. The van der Waals surface area contributed by atoms with Gasteiger partial charge < -0.3 is 5.32 Å². The Morgan fingerprint density at radius 2 is 2.33 bits per heavy atom. The Labute approximate surface area is 94.7 Å². The number of hydrogen-bond donors (Lipinski definition) is 1. The van der Waals surface area contributed by atoms with E-state index in [1.807, 2.05) is 12.3 Å². The first-order chi connectivity index (χ1) is 7.05. The Hall–Kier alpha value is -0.460. The molecule has 0 saturated carbocycles. The SMILES string of the molecule is CCS(=O)(=O)CCNC(C)c1nccs1. The first kappa shape index (κ1) is 12.6. The first-order valence-corrected chi connectivity index (χ1v) is 7.58. The molecule has 15 heavy (non-hydrogen) atoms. The fraction of sp³-hybridized carbons (Fsp3) is 0.667. The lowest BCUT2D eigenvalue weighted by atomic mass is 10.3. The summed E-state index contributed by atoms with van der Waals surface area (Å²) in [6.07, 6.45) is 1.75. The van der Waals surface area contributed by atoms with Gasteiger partial charge in [-0.2, -0.15) is 0 Å². The molecule has 1 atom stereocenters. The second-order valence-electron chi connectivity index (χ2n) is 3.28. The Kier molecular flexibility index (Phi) is 4.69. The van der Waals surface area contributed by atoms with Crippen LogP contribution in [0.4, 0.5) is 0 Å². The van der Waals surface area contributed by atoms with Crippen molar-refractivity contribution >= 4 is 21.2 Å². The second kappa shape index (κ2) is 5.58. The average Bonchev–Trinajstić information content (AvgIpc) is 2.70. The monoisotopic (exact) mass is 248 g/mol. The molecule has 0 aliphatic heterocycles. The van der Waals surface area contributed by atoms with Gasteiger partial charge >= 0.3 is 0 Å². The van der Waals surface area contributed by atoms with E-state index >= 15 is 0 Å². The van der Waals surface area contributed by atoms with Gasteiger partial charge in [-0.25, -0.2) is 13.4 Å². The van der Waals surface area contributed by atoms with Gasteiger partial charge in [0.2, 0.25) is 0 Å². The molecular weight excluding hydrogens is 232 g/mol. The fourth-order valence-electron chi connectivity index (χ4n) is 1.11. The third-order valence-electron chi connectivity index (χ3n) is 2.13. The van der Waals surface area contributed by atoms with Gasteiger partial charge in [-0.3, -0.25) is 0 Å². The van der Waals surface area contributed by atoms with Crippen molar-refractivity contribution in [2.24, 2.45) is 0 Å². The van der Waals surface area contributed by atoms with E-state index in [1.165, 1.54) is 0 Å². The van der Waals surface area contributed by atoms with Crippen LogP contribution in [0, 0.1) is 0 Å². The van der Waals surface area contributed by atoms with Gasteiger partial charge in [0, 0.05) is 23.9 Å². The summed E-state index contributed by atoms with van der Waals surface area (Å²) in [7, 11) is -2.86. The molecule has 1 unspecified atom stereocenters. The summed E-state index contributed by atoms with van der Waals surface area (Å²) < 4.78 is 22.4. The molecule has 0 fully saturated rings. The van der Waals surface area contributed by atoms with Crippen LogP contribution >= 0.6 is 11.3 Å². The van der Waals surface area contributed by atoms with Crippen LogP contribution in [0.2, 0.25) is 0 Å². The summed E-state index contributed by atoms with van der Waals surface area (Å²) in [6.45, 7) is 4.13. The maximum absolute atomic E-state index is 11.2. The lowest BCUT2D eigenvalue weighted by Crippen LogP contribution is -2.26. The van der Waals surface area contributed by atoms with Crippen molar-refractivity contribution in [2.75, 3.05) is 18.1 Å². The highest BCUT2D eigenvalue weighted by Crippen LogP contribution is 2.13. The topological polar surface area (TPSA) is 59.1 Å². The summed E-state index contributed by atoms with van der Waals surface area (Å²) >= 11 is 1.57. The Balaban J connectivity index is 2.33. The molecule has 4 nitrogen and oxygen atoms in total. The van der Waals surface area contributed by atoms with Crippen LogP contribution in [0.25, 0.3) is 0 Å². The summed E-state index contributed by atoms with van der Waals surface area (Å²) in [5.41, 5.74) is 0. The van der Waals surface area contributed by atoms with E-state index in [1.54, 1.807) is 24.5 Å². The van der Waals surface area contributed by atoms with Crippen molar-refractivity contribution < 1.29 is 8.42 Å². The number of sulfone groups is 1. The molecule has 0 radical (unpaired) electrons. The Morgan fingerprint density at radius 1 is 1.60 bits per heavy atom. The van der Waals surface area contributed by atoms with Crippen molar-refractivity contribution in [3.05, 3.63) is 16.6 Å². The average molecular weight is 248 g/mol. The molecule has 0 amide bonds. The molecule has 1 rings (SSSR count). The largest absolute Gasteiger partial charge is 0.307 e. The maximum Gasteiger partial charge on any atom is 0.151 e. The van der Waals surface area contributed by atoms with Gasteiger partial charge in [0.05, 0.1) is 11.8 Å². The highest BCUT2D eigenvalue weighted by atomic mass is 32.2. The van der Waals surface area contributed by atoms with Crippen LogP contribution in [-0.2, 0) is 9.84 Å². The van der Waals surface area contributed by atoms with Crippen LogP contribution < -0.4 is 5.32 Å². The van der Waals surface area contributed by atoms with Crippen LogP contribution in [0.3, 0.4) is 0 Å². The highest BCUT2D eigenvalue weighted by Gasteiger charge is 2.10. The normalized spacial score (nSPS) is 14.0. The molecule has 0 bridgehead atoms. The molecule has 0 aromatic carbocycles. The van der Waals surface area contributed by atoms with E-state index < -0.39 is 9.84 Å².